The van der Waals surface area contributed by atoms with Crippen molar-refractivity contribution in [3.05, 3.63) is 81.3 Å². The van der Waals surface area contributed by atoms with E-state index in [2.05, 4.69) is 4.98 Å². The summed E-state index contributed by atoms with van der Waals surface area (Å²) in [5.41, 5.74) is 0.287. The van der Waals surface area contributed by atoms with Crippen LogP contribution >= 0.6 is 34.7 Å². The minimum atomic E-state index is -0.463. The van der Waals surface area contributed by atoms with Gasteiger partial charge in [-0.1, -0.05) is 11.6 Å². The van der Waals surface area contributed by atoms with Crippen molar-refractivity contribution in [1.82, 2.24) is 4.98 Å². The third kappa shape index (κ3) is 3.48. The zero-order valence-corrected chi connectivity index (χ0v) is 13.6. The normalized spacial score (nSPS) is 12.3. The Hall–Kier alpha value is -1.43. The van der Waals surface area contributed by atoms with E-state index >= 15 is 0 Å². The van der Waals surface area contributed by atoms with Crippen molar-refractivity contribution >= 4 is 34.7 Å². The highest BCUT2D eigenvalue weighted by Gasteiger charge is 2.22. The van der Waals surface area contributed by atoms with E-state index in [0.717, 1.165) is 22.0 Å². The van der Waals surface area contributed by atoms with Crippen LogP contribution in [0.4, 0.5) is 8.78 Å². The molecule has 0 N–H and O–H groups in total. The van der Waals surface area contributed by atoms with Crippen molar-refractivity contribution in [1.29, 1.82) is 0 Å². The lowest BCUT2D eigenvalue weighted by atomic mass is 10.1. The van der Waals surface area contributed by atoms with Gasteiger partial charge in [-0.15, -0.1) is 23.1 Å². The number of thiazole rings is 1. The van der Waals surface area contributed by atoms with E-state index in [4.69, 9.17) is 11.6 Å². The van der Waals surface area contributed by atoms with Crippen LogP contribution in [0.2, 0.25) is 5.02 Å². The summed E-state index contributed by atoms with van der Waals surface area (Å²) in [5, 5.41) is 2.77. The van der Waals surface area contributed by atoms with Crippen molar-refractivity contribution in [2.45, 2.75) is 10.1 Å². The second-order valence-corrected chi connectivity index (χ2v) is 7.03. The second-order valence-electron chi connectivity index (χ2n) is 4.49. The van der Waals surface area contributed by atoms with Crippen molar-refractivity contribution in [3.8, 4) is 0 Å². The molecule has 1 atom stereocenters. The highest BCUT2D eigenvalue weighted by atomic mass is 35.5. The fraction of sp³-hybridized carbons (Fsp3) is 0.0625. The molecule has 0 radical (unpaired) electrons. The summed E-state index contributed by atoms with van der Waals surface area (Å²) in [6, 6.07) is 10.7. The predicted octanol–water partition coefficient (Wildman–Crippen LogP) is 5.96. The van der Waals surface area contributed by atoms with E-state index in [0.29, 0.717) is 5.02 Å². The van der Waals surface area contributed by atoms with Crippen molar-refractivity contribution in [3.63, 3.8) is 0 Å². The van der Waals surface area contributed by atoms with E-state index in [1.54, 1.807) is 18.3 Å². The minimum absolute atomic E-state index is 0.287. The van der Waals surface area contributed by atoms with Gasteiger partial charge in [0, 0.05) is 27.1 Å². The van der Waals surface area contributed by atoms with Gasteiger partial charge in [0.15, 0.2) is 0 Å². The summed E-state index contributed by atoms with van der Waals surface area (Å²) < 4.78 is 27.7. The minimum Gasteiger partial charge on any atom is -0.248 e. The molecule has 1 unspecified atom stereocenters. The summed E-state index contributed by atoms with van der Waals surface area (Å²) in [6.45, 7) is 0. The molecular weight excluding hydrogens is 344 g/mol. The fourth-order valence-corrected chi connectivity index (χ4v) is 4.08. The van der Waals surface area contributed by atoms with Gasteiger partial charge in [-0.3, -0.25) is 0 Å². The van der Waals surface area contributed by atoms with Crippen LogP contribution in [0.1, 0.15) is 15.8 Å². The van der Waals surface area contributed by atoms with Gasteiger partial charge in [-0.2, -0.15) is 0 Å². The number of thioether (sulfide) groups is 1. The van der Waals surface area contributed by atoms with Gasteiger partial charge in [0.1, 0.15) is 16.6 Å². The molecule has 0 saturated heterocycles. The van der Waals surface area contributed by atoms with Crippen LogP contribution in [0.5, 0.6) is 0 Å². The molecule has 0 spiro atoms. The van der Waals surface area contributed by atoms with E-state index in [9.17, 15) is 8.78 Å². The van der Waals surface area contributed by atoms with Gasteiger partial charge in [-0.25, -0.2) is 13.8 Å². The quantitative estimate of drug-likeness (QED) is 0.537. The fourth-order valence-electron chi connectivity index (χ4n) is 1.98. The van der Waals surface area contributed by atoms with Gasteiger partial charge >= 0.3 is 0 Å². The highest BCUT2D eigenvalue weighted by molar-refractivity contribution is 7.99. The van der Waals surface area contributed by atoms with Crippen molar-refractivity contribution in [2.24, 2.45) is 0 Å². The SMILES string of the molecule is Fc1ccc(F)c(C(Sc2ccc(Cl)cc2)c2nccs2)c1. The number of nitrogens with zero attached hydrogens (tertiary/aromatic N) is 1. The standard InChI is InChI=1S/C16H10ClF2NS2/c17-10-1-4-12(5-2-10)22-15(16-20-7-8-21-16)13-9-11(18)3-6-14(13)19/h1-9,15H. The van der Waals surface area contributed by atoms with Crippen LogP contribution in [-0.2, 0) is 0 Å². The molecule has 0 fully saturated rings. The molecule has 1 heterocycles. The monoisotopic (exact) mass is 353 g/mol. The van der Waals surface area contributed by atoms with Crippen LogP contribution in [0.25, 0.3) is 0 Å². The Kier molecular flexibility index (Phi) is 4.76. The summed E-state index contributed by atoms with van der Waals surface area (Å²) in [6.07, 6.45) is 1.66. The number of rotatable bonds is 4. The zero-order chi connectivity index (χ0) is 15.5. The molecule has 0 aliphatic heterocycles. The molecular formula is C16H10ClF2NS2. The average molecular weight is 354 g/mol. The molecule has 1 aromatic heterocycles. The van der Waals surface area contributed by atoms with Crippen molar-refractivity contribution in [2.75, 3.05) is 0 Å². The first-order valence-corrected chi connectivity index (χ1v) is 8.54. The molecule has 1 nitrogen and oxygen atoms in total. The maximum Gasteiger partial charge on any atom is 0.128 e. The zero-order valence-electron chi connectivity index (χ0n) is 11.2. The molecule has 112 valence electrons. The summed E-state index contributed by atoms with van der Waals surface area (Å²) in [5.74, 6) is -0.905. The molecule has 0 bridgehead atoms. The van der Waals surface area contributed by atoms with Crippen LogP contribution in [0.15, 0.2) is 58.9 Å². The van der Waals surface area contributed by atoms with E-state index in [-0.39, 0.29) is 5.56 Å². The number of halogens is 3. The van der Waals surface area contributed by atoms with Gasteiger partial charge in [-0.05, 0) is 42.5 Å². The molecule has 3 aromatic rings. The van der Waals surface area contributed by atoms with Crippen molar-refractivity contribution < 1.29 is 8.78 Å². The van der Waals surface area contributed by atoms with Gasteiger partial charge in [0.05, 0.1) is 5.25 Å². The lowest BCUT2D eigenvalue weighted by Gasteiger charge is -2.15. The first-order valence-electron chi connectivity index (χ1n) is 6.40. The lowest BCUT2D eigenvalue weighted by molar-refractivity contribution is 0.587. The molecule has 0 amide bonds. The molecule has 6 heteroatoms. The van der Waals surface area contributed by atoms with E-state index in [1.165, 1.54) is 29.2 Å². The smallest absolute Gasteiger partial charge is 0.128 e. The second kappa shape index (κ2) is 6.77. The summed E-state index contributed by atoms with van der Waals surface area (Å²) in [4.78, 5) is 5.17. The Labute approximate surface area is 140 Å². The summed E-state index contributed by atoms with van der Waals surface area (Å²) in [7, 11) is 0. The Bertz CT molecular complexity index is 760. The Morgan fingerprint density at radius 3 is 2.55 bits per heavy atom. The van der Waals surface area contributed by atoms with Gasteiger partial charge < -0.3 is 0 Å². The average Bonchev–Trinajstić information content (AvgIpc) is 3.03. The molecule has 0 aliphatic rings. The molecule has 0 aliphatic carbocycles. The van der Waals surface area contributed by atoms with Crippen LogP contribution in [0.3, 0.4) is 0 Å². The van der Waals surface area contributed by atoms with Crippen LogP contribution < -0.4 is 0 Å². The largest absolute Gasteiger partial charge is 0.248 e. The Balaban J connectivity index is 2.01. The lowest BCUT2D eigenvalue weighted by Crippen LogP contribution is -2.00. The Morgan fingerprint density at radius 2 is 1.86 bits per heavy atom. The predicted molar refractivity (Wildman–Crippen MR) is 87.6 cm³/mol. The molecule has 22 heavy (non-hydrogen) atoms. The van der Waals surface area contributed by atoms with E-state index in [1.807, 2.05) is 17.5 Å². The molecule has 3 rings (SSSR count). The van der Waals surface area contributed by atoms with Crippen LogP contribution in [-0.4, -0.2) is 4.98 Å². The maximum absolute atomic E-state index is 14.2. The first kappa shape index (κ1) is 15.5. The Morgan fingerprint density at radius 1 is 1.09 bits per heavy atom. The third-order valence-corrected chi connectivity index (χ3v) is 5.48. The number of hydrogen-bond donors (Lipinski definition) is 0. The van der Waals surface area contributed by atoms with Gasteiger partial charge in [0.25, 0.3) is 0 Å². The third-order valence-electron chi connectivity index (χ3n) is 2.98. The molecule has 0 saturated carbocycles. The van der Waals surface area contributed by atoms with Gasteiger partial charge in [0.2, 0.25) is 0 Å². The highest BCUT2D eigenvalue weighted by Crippen LogP contribution is 2.42. The molecule has 2 aromatic carbocycles. The summed E-state index contributed by atoms with van der Waals surface area (Å²) >= 11 is 8.71. The van der Waals surface area contributed by atoms with Crippen LogP contribution in [0, 0.1) is 11.6 Å². The number of aromatic nitrogens is 1. The number of hydrogen-bond acceptors (Lipinski definition) is 3. The first-order chi connectivity index (χ1) is 10.6. The number of benzene rings is 2. The maximum atomic E-state index is 14.2. The van der Waals surface area contributed by atoms with E-state index < -0.39 is 16.9 Å². The topological polar surface area (TPSA) is 12.9 Å².